The summed E-state index contributed by atoms with van der Waals surface area (Å²) < 4.78 is 13.2. The van der Waals surface area contributed by atoms with Crippen LogP contribution in [0, 0.1) is 13.8 Å². The topological polar surface area (TPSA) is 90.7 Å². The molecule has 0 fully saturated rings. The summed E-state index contributed by atoms with van der Waals surface area (Å²) in [6.45, 7) is 4.05. The van der Waals surface area contributed by atoms with E-state index in [4.69, 9.17) is 33.8 Å². The van der Waals surface area contributed by atoms with Crippen LogP contribution in [0.5, 0.6) is 0 Å². The molecular weight excluding hydrogens is 859 g/mol. The fourth-order valence-electron chi connectivity index (χ4n) is 10.7. The Morgan fingerprint density at radius 2 is 0.729 bits per heavy atom. The van der Waals surface area contributed by atoms with Gasteiger partial charge in [-0.3, -0.25) is 15.0 Å². The van der Waals surface area contributed by atoms with E-state index in [1.165, 1.54) is 94.7 Å². The highest BCUT2D eigenvalue weighted by Crippen LogP contribution is 2.39. The second-order valence-corrected chi connectivity index (χ2v) is 19.9. The lowest BCUT2D eigenvalue weighted by Crippen LogP contribution is -1.94. The number of fused-ring (bicyclic) bond motifs is 5. The predicted octanol–water partition coefficient (Wildman–Crippen LogP) is 16.4. The van der Waals surface area contributed by atoms with Crippen molar-refractivity contribution in [3.63, 3.8) is 0 Å². The molecule has 0 amide bonds. The lowest BCUT2D eigenvalue weighted by molar-refractivity contribution is 0.639. The van der Waals surface area contributed by atoms with E-state index in [0.717, 1.165) is 132 Å². The van der Waals surface area contributed by atoms with Crippen LogP contribution in [0.4, 0.5) is 0 Å². The zero-order valence-electron chi connectivity index (χ0n) is 40.9. The van der Waals surface area contributed by atoms with Gasteiger partial charge in [-0.15, -0.1) is 0 Å². The van der Waals surface area contributed by atoms with Gasteiger partial charge in [0, 0.05) is 68.2 Å². The Balaban J connectivity index is 0.812. The molecule has 0 unspecified atom stereocenters. The van der Waals surface area contributed by atoms with E-state index in [9.17, 15) is 0 Å². The van der Waals surface area contributed by atoms with Crippen molar-refractivity contribution in [2.45, 2.75) is 129 Å². The number of furan rings is 2. The van der Waals surface area contributed by atoms with Crippen molar-refractivity contribution in [2.24, 2.45) is 0 Å². The van der Waals surface area contributed by atoms with Crippen molar-refractivity contribution in [1.29, 1.82) is 0 Å². The van der Waals surface area contributed by atoms with E-state index in [1.54, 1.807) is 0 Å². The molecule has 10 aromatic rings. The molecule has 12 bridgehead atoms. The van der Waals surface area contributed by atoms with Gasteiger partial charge in [0.05, 0.1) is 17.1 Å². The van der Waals surface area contributed by atoms with Crippen molar-refractivity contribution < 1.29 is 8.83 Å². The first kappa shape index (κ1) is 45.5. The summed E-state index contributed by atoms with van der Waals surface area (Å²) in [4.78, 5) is 24.5. The van der Waals surface area contributed by atoms with Gasteiger partial charge in [0.25, 0.3) is 0 Å². The average molecular weight is 922 g/mol. The molecule has 0 atom stereocenters. The SMILES string of the molecule is Cc1ccc2c(n1)oc1c3ccc(c12)CCCCCCc1ccc(nc1)-c1ccc(cc1)CCCCCCc1ccc(nc1)-c1ccc(c2c1oc1nc(C)ccc12)CCCCCCc1ccc-3nc1. The molecule has 0 radical (unpaired) electrons. The summed E-state index contributed by atoms with van der Waals surface area (Å²) in [6.07, 6.45) is 26.4. The summed E-state index contributed by atoms with van der Waals surface area (Å²) in [5.41, 5.74) is 19.1. The van der Waals surface area contributed by atoms with Gasteiger partial charge in [-0.1, -0.05) is 93.1 Å². The largest absolute Gasteiger partial charge is 0.437 e. The maximum absolute atomic E-state index is 6.59. The van der Waals surface area contributed by atoms with Crippen molar-refractivity contribution in [2.75, 3.05) is 0 Å². The number of hydrogen-bond donors (Lipinski definition) is 0. The van der Waals surface area contributed by atoms with Gasteiger partial charge in [-0.25, -0.2) is 9.97 Å². The van der Waals surface area contributed by atoms with Crippen molar-refractivity contribution in [3.05, 3.63) is 173 Å². The monoisotopic (exact) mass is 921 g/mol. The molecule has 7 aromatic heterocycles. The Bertz CT molecular complexity index is 3390. The highest BCUT2D eigenvalue weighted by molar-refractivity contribution is 6.11. The Hall–Kier alpha value is -6.99. The van der Waals surface area contributed by atoms with E-state index < -0.39 is 0 Å². The minimum Gasteiger partial charge on any atom is -0.437 e. The van der Waals surface area contributed by atoms with Gasteiger partial charge >= 0.3 is 0 Å². The van der Waals surface area contributed by atoms with Crippen LogP contribution >= 0.6 is 0 Å². The zero-order chi connectivity index (χ0) is 47.2. The molecule has 0 N–H and O–H groups in total. The Labute approximate surface area is 411 Å². The molecule has 13 heterocycles. The molecule has 352 valence electrons. The average Bonchev–Trinajstić information content (AvgIpc) is 3.96. The second kappa shape index (κ2) is 20.9. The number of hydrogen-bond acceptors (Lipinski definition) is 7. The van der Waals surface area contributed by atoms with Crippen molar-refractivity contribution >= 4 is 44.1 Å². The molecule has 3 aliphatic carbocycles. The molecule has 0 spiro atoms. The number of rotatable bonds is 0. The fourth-order valence-corrected chi connectivity index (χ4v) is 10.7. The summed E-state index contributed by atoms with van der Waals surface area (Å²) in [5, 5.41) is 4.52. The summed E-state index contributed by atoms with van der Waals surface area (Å²) in [6, 6.07) is 39.9. The standard InChI is InChI=1S/C63H63N5O2/c1-42-21-32-53-58-49-19-13-7-5-11-16-45-25-36-55(64-39-45)48-28-23-44(24-29-48)15-9-3-4-10-17-46-26-37-56(65-40-46)51-34-31-50(59-54-33-22-43(2)68-63(54)69-60(51)59)20-14-8-6-12-18-47-27-38-57(66-41-47)52(35-30-49)61(58)70-62(53)67-42/h21-41H,3-20H2,1-2H3. The quantitative estimate of drug-likeness (QED) is 0.150. The first-order valence-electron chi connectivity index (χ1n) is 26.1. The first-order valence-corrected chi connectivity index (χ1v) is 26.1. The smallest absolute Gasteiger partial charge is 0.227 e. The van der Waals surface area contributed by atoms with Crippen LogP contribution in [0.3, 0.4) is 0 Å². The number of pyridine rings is 5. The van der Waals surface area contributed by atoms with Gasteiger partial charge in [0.1, 0.15) is 11.2 Å². The van der Waals surface area contributed by atoms with Gasteiger partial charge in [0.15, 0.2) is 0 Å². The molecule has 3 aromatic carbocycles. The van der Waals surface area contributed by atoms with Crippen molar-refractivity contribution in [1.82, 2.24) is 24.9 Å². The summed E-state index contributed by atoms with van der Waals surface area (Å²) >= 11 is 0. The van der Waals surface area contributed by atoms with Gasteiger partial charge in [-0.05, 0) is 179 Å². The third-order valence-corrected chi connectivity index (χ3v) is 14.7. The van der Waals surface area contributed by atoms with Gasteiger partial charge < -0.3 is 8.83 Å². The minimum atomic E-state index is 0.701. The minimum absolute atomic E-state index is 0.701. The zero-order valence-corrected chi connectivity index (χ0v) is 40.9. The predicted molar refractivity (Wildman–Crippen MR) is 286 cm³/mol. The van der Waals surface area contributed by atoms with Crippen LogP contribution in [-0.2, 0) is 38.5 Å². The van der Waals surface area contributed by atoms with Crippen LogP contribution in [0.25, 0.3) is 77.9 Å². The van der Waals surface area contributed by atoms with E-state index in [2.05, 4.69) is 128 Å². The molecular formula is C63H63N5O2. The maximum Gasteiger partial charge on any atom is 0.227 e. The second-order valence-electron chi connectivity index (χ2n) is 19.9. The first-order chi connectivity index (χ1) is 34.5. The van der Waals surface area contributed by atoms with Crippen LogP contribution in [-0.4, -0.2) is 24.9 Å². The van der Waals surface area contributed by atoms with Crippen LogP contribution in [0.1, 0.15) is 122 Å². The molecule has 19 rings (SSSR count). The summed E-state index contributed by atoms with van der Waals surface area (Å²) in [5.74, 6) is 0. The highest BCUT2D eigenvalue weighted by atomic mass is 16.3. The maximum atomic E-state index is 6.59. The molecule has 9 aliphatic rings. The Morgan fingerprint density at radius 3 is 1.14 bits per heavy atom. The molecule has 0 saturated carbocycles. The molecule has 7 nitrogen and oxygen atoms in total. The lowest BCUT2D eigenvalue weighted by Gasteiger charge is -2.09. The number of nitrogens with zero attached hydrogens (tertiary/aromatic N) is 5. The van der Waals surface area contributed by atoms with Crippen LogP contribution in [0.15, 0.2) is 137 Å². The fraction of sp³-hybridized carbons (Fsp3) is 0.317. The molecule has 7 heteroatoms. The van der Waals surface area contributed by atoms with Crippen LogP contribution < -0.4 is 0 Å². The molecule has 0 saturated heterocycles. The highest BCUT2D eigenvalue weighted by Gasteiger charge is 2.20. The number of aromatic nitrogens is 5. The van der Waals surface area contributed by atoms with Crippen LogP contribution in [0.2, 0.25) is 0 Å². The Kier molecular flexibility index (Phi) is 13.6. The number of benzene rings is 3. The van der Waals surface area contributed by atoms with E-state index in [1.807, 2.05) is 13.8 Å². The lowest BCUT2D eigenvalue weighted by atomic mass is 9.96. The Morgan fingerprint density at radius 1 is 0.343 bits per heavy atom. The van der Waals surface area contributed by atoms with Crippen molar-refractivity contribution in [3.8, 4) is 33.8 Å². The van der Waals surface area contributed by atoms with Gasteiger partial charge in [-0.2, -0.15) is 0 Å². The van der Waals surface area contributed by atoms with E-state index in [0.29, 0.717) is 11.4 Å². The number of aryl methyl sites for hydroxylation is 8. The third kappa shape index (κ3) is 10.0. The molecule has 70 heavy (non-hydrogen) atoms. The van der Waals surface area contributed by atoms with E-state index in [-0.39, 0.29) is 0 Å². The van der Waals surface area contributed by atoms with Gasteiger partial charge in [0.2, 0.25) is 11.4 Å². The normalized spacial score (nSPS) is 15.1. The third-order valence-electron chi connectivity index (χ3n) is 14.7. The molecule has 6 aliphatic heterocycles. The van der Waals surface area contributed by atoms with E-state index >= 15 is 0 Å². The summed E-state index contributed by atoms with van der Waals surface area (Å²) in [7, 11) is 0.